The Morgan fingerprint density at radius 1 is 1.58 bits per heavy atom. The first-order chi connectivity index (χ1) is 9.10. The van der Waals surface area contributed by atoms with E-state index in [0.29, 0.717) is 12.5 Å². The van der Waals surface area contributed by atoms with Crippen molar-refractivity contribution >= 4 is 27.6 Å². The fraction of sp³-hybridized carbons (Fsp3) is 0.500. The van der Waals surface area contributed by atoms with E-state index in [0.717, 1.165) is 23.2 Å². The number of carbonyl (C=O) groups is 1. The second-order valence-electron chi connectivity index (χ2n) is 4.88. The lowest BCUT2D eigenvalue weighted by molar-refractivity contribution is -0.141. The van der Waals surface area contributed by atoms with Crippen molar-refractivity contribution in [1.82, 2.24) is 5.32 Å². The fourth-order valence-electron chi connectivity index (χ4n) is 2.39. The topological polar surface area (TPSA) is 41.6 Å². The van der Waals surface area contributed by atoms with Crippen LogP contribution in [0.3, 0.4) is 0 Å². The van der Waals surface area contributed by atoms with E-state index in [1.54, 1.807) is 0 Å². The smallest absolute Gasteiger partial charge is 0.307 e. The first-order valence-electron chi connectivity index (χ1n) is 6.42. The van der Waals surface area contributed by atoms with Gasteiger partial charge >= 0.3 is 5.97 Å². The summed E-state index contributed by atoms with van der Waals surface area (Å²) in [6.45, 7) is 3.83. The minimum absolute atomic E-state index is 0.137. The molecule has 4 nitrogen and oxygen atoms in total. The standard InChI is InChI=1S/C14H19BrN2O2/c1-10-9-17(12-5-3-4-11(15)6-12)13(8-16-10)7-14(18)19-2/h3-6,10,13,16H,7-9H2,1-2H3. The lowest BCUT2D eigenvalue weighted by Crippen LogP contribution is -2.56. The van der Waals surface area contributed by atoms with Crippen molar-refractivity contribution in [1.29, 1.82) is 0 Å². The summed E-state index contributed by atoms with van der Waals surface area (Å²) in [6, 6.07) is 8.73. The average Bonchev–Trinajstić information content (AvgIpc) is 2.40. The van der Waals surface area contributed by atoms with Gasteiger partial charge in [0.05, 0.1) is 19.6 Å². The number of esters is 1. The Bertz CT molecular complexity index is 453. The van der Waals surface area contributed by atoms with Crippen LogP contribution < -0.4 is 10.2 Å². The molecule has 1 fully saturated rings. The number of anilines is 1. The molecule has 0 saturated carbocycles. The quantitative estimate of drug-likeness (QED) is 0.864. The monoisotopic (exact) mass is 326 g/mol. The Hall–Kier alpha value is -1.07. The first kappa shape index (κ1) is 14.3. The molecule has 0 bridgehead atoms. The van der Waals surface area contributed by atoms with Gasteiger partial charge < -0.3 is 15.0 Å². The molecule has 0 aromatic heterocycles. The number of hydrogen-bond donors (Lipinski definition) is 1. The fourth-order valence-corrected chi connectivity index (χ4v) is 2.77. The molecule has 2 unspecified atom stereocenters. The van der Waals surface area contributed by atoms with Crippen molar-refractivity contribution in [3.8, 4) is 0 Å². The highest BCUT2D eigenvalue weighted by Gasteiger charge is 2.28. The lowest BCUT2D eigenvalue weighted by Gasteiger charge is -2.40. The molecule has 19 heavy (non-hydrogen) atoms. The van der Waals surface area contributed by atoms with Crippen LogP contribution in [0.5, 0.6) is 0 Å². The third kappa shape index (κ3) is 3.70. The molecule has 2 atom stereocenters. The molecule has 1 heterocycles. The van der Waals surface area contributed by atoms with Gasteiger partial charge in [0, 0.05) is 29.3 Å². The number of nitrogens with one attached hydrogen (secondary N) is 1. The molecule has 0 spiro atoms. The normalized spacial score (nSPS) is 23.2. The van der Waals surface area contributed by atoms with Gasteiger partial charge in [0.25, 0.3) is 0 Å². The predicted molar refractivity (Wildman–Crippen MR) is 79.4 cm³/mol. The Labute approximate surface area is 122 Å². The van der Waals surface area contributed by atoms with Gasteiger partial charge in [0.1, 0.15) is 0 Å². The van der Waals surface area contributed by atoms with E-state index in [4.69, 9.17) is 4.74 Å². The average molecular weight is 327 g/mol. The first-order valence-corrected chi connectivity index (χ1v) is 7.22. The Balaban J connectivity index is 2.18. The molecule has 1 saturated heterocycles. The van der Waals surface area contributed by atoms with Crippen molar-refractivity contribution < 1.29 is 9.53 Å². The summed E-state index contributed by atoms with van der Waals surface area (Å²) in [6.07, 6.45) is 0.405. The number of methoxy groups -OCH3 is 1. The molecule has 5 heteroatoms. The maximum Gasteiger partial charge on any atom is 0.307 e. The number of ether oxygens (including phenoxy) is 1. The van der Waals surface area contributed by atoms with Crippen LogP contribution in [0.4, 0.5) is 5.69 Å². The van der Waals surface area contributed by atoms with Crippen LogP contribution >= 0.6 is 15.9 Å². The molecule has 1 N–H and O–H groups in total. The largest absolute Gasteiger partial charge is 0.469 e. The summed E-state index contributed by atoms with van der Waals surface area (Å²) in [5.74, 6) is -0.165. The van der Waals surface area contributed by atoms with Gasteiger partial charge in [-0.15, -0.1) is 0 Å². The maximum atomic E-state index is 11.5. The number of benzene rings is 1. The molecule has 104 valence electrons. The Kier molecular flexibility index (Phi) is 4.82. The van der Waals surface area contributed by atoms with E-state index in [9.17, 15) is 4.79 Å². The van der Waals surface area contributed by atoms with Crippen molar-refractivity contribution in [2.75, 3.05) is 25.1 Å². The third-order valence-corrected chi connectivity index (χ3v) is 3.88. The van der Waals surface area contributed by atoms with Crippen molar-refractivity contribution in [3.05, 3.63) is 28.7 Å². The number of piperazine rings is 1. The van der Waals surface area contributed by atoms with Crippen LogP contribution in [0.1, 0.15) is 13.3 Å². The van der Waals surface area contributed by atoms with Crippen LogP contribution in [0.25, 0.3) is 0 Å². The second-order valence-corrected chi connectivity index (χ2v) is 5.79. The van der Waals surface area contributed by atoms with Gasteiger partial charge in [0.15, 0.2) is 0 Å². The number of halogens is 1. The maximum absolute atomic E-state index is 11.5. The van der Waals surface area contributed by atoms with Crippen molar-refractivity contribution in [2.45, 2.75) is 25.4 Å². The highest BCUT2D eigenvalue weighted by atomic mass is 79.9. The molecular formula is C14H19BrN2O2. The van der Waals surface area contributed by atoms with Gasteiger partial charge in [0.2, 0.25) is 0 Å². The molecule has 1 aromatic rings. The van der Waals surface area contributed by atoms with Gasteiger partial charge in [-0.25, -0.2) is 0 Å². The Morgan fingerprint density at radius 2 is 2.37 bits per heavy atom. The number of carbonyl (C=O) groups excluding carboxylic acids is 1. The number of hydrogen-bond acceptors (Lipinski definition) is 4. The zero-order valence-corrected chi connectivity index (χ0v) is 12.8. The predicted octanol–water partition coefficient (Wildman–Crippen LogP) is 2.18. The van der Waals surface area contributed by atoms with E-state index in [-0.39, 0.29) is 12.0 Å². The van der Waals surface area contributed by atoms with Gasteiger partial charge in [-0.05, 0) is 25.1 Å². The third-order valence-electron chi connectivity index (χ3n) is 3.38. The SMILES string of the molecule is COC(=O)CC1CNC(C)CN1c1cccc(Br)c1. The molecule has 2 rings (SSSR count). The molecule has 0 amide bonds. The van der Waals surface area contributed by atoms with E-state index in [1.165, 1.54) is 7.11 Å². The van der Waals surface area contributed by atoms with Gasteiger partial charge in [-0.3, -0.25) is 4.79 Å². The van der Waals surface area contributed by atoms with Crippen LogP contribution in [0, 0.1) is 0 Å². The second kappa shape index (κ2) is 6.39. The highest BCUT2D eigenvalue weighted by Crippen LogP contribution is 2.24. The van der Waals surface area contributed by atoms with E-state index in [1.807, 2.05) is 12.1 Å². The molecule has 0 aliphatic carbocycles. The van der Waals surface area contributed by atoms with E-state index >= 15 is 0 Å². The molecular weight excluding hydrogens is 308 g/mol. The van der Waals surface area contributed by atoms with Gasteiger partial charge in [-0.1, -0.05) is 22.0 Å². The summed E-state index contributed by atoms with van der Waals surface area (Å²) in [5.41, 5.74) is 1.14. The zero-order chi connectivity index (χ0) is 13.8. The molecule has 1 aliphatic heterocycles. The Morgan fingerprint density at radius 3 is 3.05 bits per heavy atom. The number of nitrogens with zero attached hydrogens (tertiary/aromatic N) is 1. The number of rotatable bonds is 3. The van der Waals surface area contributed by atoms with Gasteiger partial charge in [-0.2, -0.15) is 0 Å². The lowest BCUT2D eigenvalue weighted by atomic mass is 10.1. The zero-order valence-electron chi connectivity index (χ0n) is 11.2. The summed E-state index contributed by atoms with van der Waals surface area (Å²) >= 11 is 3.49. The van der Waals surface area contributed by atoms with E-state index < -0.39 is 0 Å². The molecule has 1 aromatic carbocycles. The van der Waals surface area contributed by atoms with Crippen LogP contribution in [0.15, 0.2) is 28.7 Å². The molecule has 0 radical (unpaired) electrons. The van der Waals surface area contributed by atoms with Crippen molar-refractivity contribution in [3.63, 3.8) is 0 Å². The summed E-state index contributed by atoms with van der Waals surface area (Å²) < 4.78 is 5.83. The van der Waals surface area contributed by atoms with E-state index in [2.05, 4.69) is 45.2 Å². The van der Waals surface area contributed by atoms with Crippen LogP contribution in [0.2, 0.25) is 0 Å². The highest BCUT2D eigenvalue weighted by molar-refractivity contribution is 9.10. The van der Waals surface area contributed by atoms with Crippen LogP contribution in [-0.4, -0.2) is 38.3 Å². The van der Waals surface area contributed by atoms with Crippen molar-refractivity contribution in [2.24, 2.45) is 0 Å². The minimum Gasteiger partial charge on any atom is -0.469 e. The molecule has 1 aliphatic rings. The minimum atomic E-state index is -0.165. The summed E-state index contributed by atoms with van der Waals surface area (Å²) in [7, 11) is 1.44. The van der Waals surface area contributed by atoms with Crippen LogP contribution in [-0.2, 0) is 9.53 Å². The summed E-state index contributed by atoms with van der Waals surface area (Å²) in [5, 5.41) is 3.41. The summed E-state index contributed by atoms with van der Waals surface area (Å²) in [4.78, 5) is 13.8.